The van der Waals surface area contributed by atoms with Crippen molar-refractivity contribution >= 4 is 34.9 Å². The zero-order valence-corrected chi connectivity index (χ0v) is 18.2. The fraction of sp³-hybridized carbons (Fsp3) is 0.750. The van der Waals surface area contributed by atoms with Crippen molar-refractivity contribution < 1.29 is 4.74 Å². The molecule has 8 heteroatoms. The Morgan fingerprint density at radius 1 is 1.11 bits per heavy atom. The van der Waals surface area contributed by atoms with Crippen LogP contribution >= 0.6 is 12.2 Å². The lowest BCUT2D eigenvalue weighted by atomic mass is 9.92. The van der Waals surface area contributed by atoms with E-state index in [1.54, 1.807) is 7.11 Å². The number of methoxy groups -OCH3 is 1. The van der Waals surface area contributed by atoms with Gasteiger partial charge < -0.3 is 25.2 Å². The van der Waals surface area contributed by atoms with E-state index in [2.05, 4.69) is 40.3 Å². The van der Waals surface area contributed by atoms with Gasteiger partial charge in [-0.1, -0.05) is 13.8 Å². The number of ether oxygens (including phenoxy) is 1. The molecule has 2 aliphatic rings. The van der Waals surface area contributed by atoms with E-state index < -0.39 is 0 Å². The van der Waals surface area contributed by atoms with Crippen LogP contribution in [-0.2, 0) is 4.74 Å². The van der Waals surface area contributed by atoms with Gasteiger partial charge in [-0.25, -0.2) is 0 Å². The van der Waals surface area contributed by atoms with E-state index in [0.29, 0.717) is 36.0 Å². The quantitative estimate of drug-likeness (QED) is 0.552. The van der Waals surface area contributed by atoms with Gasteiger partial charge in [-0.05, 0) is 49.7 Å². The van der Waals surface area contributed by atoms with Crippen molar-refractivity contribution in [3.63, 3.8) is 0 Å². The molecule has 0 radical (unpaired) electrons. The van der Waals surface area contributed by atoms with Gasteiger partial charge in [0.25, 0.3) is 0 Å². The fourth-order valence-corrected chi connectivity index (χ4v) is 4.38. The summed E-state index contributed by atoms with van der Waals surface area (Å²) in [6, 6.07) is 2.16. The van der Waals surface area contributed by atoms with E-state index in [-0.39, 0.29) is 0 Å². The molecule has 0 aromatic carbocycles. The third-order valence-corrected chi connectivity index (χ3v) is 5.64. The van der Waals surface area contributed by atoms with Gasteiger partial charge in [0, 0.05) is 45.9 Å². The summed E-state index contributed by atoms with van der Waals surface area (Å²) >= 11 is 5.40. The molecule has 3 rings (SSSR count). The second kappa shape index (κ2) is 10.2. The zero-order chi connectivity index (χ0) is 19.9. The minimum atomic E-state index is 0.527. The Morgan fingerprint density at radius 2 is 1.75 bits per heavy atom. The normalized spacial score (nSPS) is 22.8. The van der Waals surface area contributed by atoms with Crippen molar-refractivity contribution in [2.45, 2.75) is 39.5 Å². The van der Waals surface area contributed by atoms with Crippen molar-refractivity contribution in [1.82, 2.24) is 15.3 Å². The predicted octanol–water partition coefficient (Wildman–Crippen LogP) is 2.88. The van der Waals surface area contributed by atoms with Crippen LogP contribution in [0.2, 0.25) is 0 Å². The molecule has 1 aromatic rings. The molecule has 0 bridgehead atoms. The van der Waals surface area contributed by atoms with E-state index in [0.717, 1.165) is 37.8 Å². The van der Waals surface area contributed by atoms with Gasteiger partial charge in [0.1, 0.15) is 11.6 Å². The lowest BCUT2D eigenvalue weighted by Crippen LogP contribution is -2.40. The monoisotopic (exact) mass is 406 g/mol. The maximum Gasteiger partial charge on any atom is 0.232 e. The molecule has 0 saturated carbocycles. The molecular weight excluding hydrogens is 372 g/mol. The molecule has 0 amide bonds. The molecule has 2 atom stereocenters. The highest BCUT2D eigenvalue weighted by molar-refractivity contribution is 7.80. The number of piperidine rings is 2. The summed E-state index contributed by atoms with van der Waals surface area (Å²) in [7, 11) is 1.68. The van der Waals surface area contributed by atoms with E-state index in [4.69, 9.17) is 26.9 Å². The minimum Gasteiger partial charge on any atom is -0.383 e. The van der Waals surface area contributed by atoms with Gasteiger partial charge in [-0.2, -0.15) is 9.97 Å². The molecule has 7 nitrogen and oxygen atoms in total. The summed E-state index contributed by atoms with van der Waals surface area (Å²) in [5.74, 6) is 3.91. The summed E-state index contributed by atoms with van der Waals surface area (Å²) in [5.41, 5.74) is 0. The van der Waals surface area contributed by atoms with Crippen molar-refractivity contribution in [3.05, 3.63) is 6.07 Å². The molecule has 1 aromatic heterocycles. The largest absolute Gasteiger partial charge is 0.383 e. The molecule has 28 heavy (non-hydrogen) atoms. The van der Waals surface area contributed by atoms with Gasteiger partial charge in [0.2, 0.25) is 5.95 Å². The first-order valence-corrected chi connectivity index (χ1v) is 10.9. The maximum atomic E-state index is 5.40. The molecule has 0 spiro atoms. The van der Waals surface area contributed by atoms with Gasteiger partial charge in [0.15, 0.2) is 5.11 Å². The molecule has 2 N–H and O–H groups in total. The van der Waals surface area contributed by atoms with Crippen molar-refractivity contribution in [1.29, 1.82) is 0 Å². The highest BCUT2D eigenvalue weighted by atomic mass is 32.1. The lowest BCUT2D eigenvalue weighted by molar-refractivity contribution is 0.204. The van der Waals surface area contributed by atoms with Crippen LogP contribution in [0.15, 0.2) is 6.07 Å². The van der Waals surface area contributed by atoms with E-state index in [1.807, 2.05) is 0 Å². The number of rotatable bonds is 6. The number of thiocarbonyl (C=S) groups is 1. The second-order valence-electron chi connectivity index (χ2n) is 8.18. The number of hydrogen-bond acceptors (Lipinski definition) is 6. The Bertz CT molecular complexity index is 642. The first-order valence-electron chi connectivity index (χ1n) is 10.5. The van der Waals surface area contributed by atoms with Crippen LogP contribution in [0.5, 0.6) is 0 Å². The van der Waals surface area contributed by atoms with Crippen molar-refractivity contribution in [3.8, 4) is 0 Å². The van der Waals surface area contributed by atoms with Crippen LogP contribution < -0.4 is 20.4 Å². The molecule has 0 aliphatic carbocycles. The molecular formula is C20H34N6OS. The summed E-state index contributed by atoms with van der Waals surface area (Å²) in [6.45, 7) is 10.1. The topological polar surface area (TPSA) is 65.6 Å². The van der Waals surface area contributed by atoms with Gasteiger partial charge >= 0.3 is 0 Å². The standard InChI is InChI=1S/C20H34N6OS/c1-15-11-16(2)14-26(13-15)18-12-17(25-8-5-4-6-9-25)22-19(23-18)24-20(28)21-7-10-27-3/h12,15-16H,4-11,13-14H2,1-3H3,(H2,21,22,23,24,28). The Balaban J connectivity index is 1.80. The molecule has 2 saturated heterocycles. The number of nitrogens with one attached hydrogen (secondary N) is 2. The third-order valence-electron chi connectivity index (χ3n) is 5.39. The van der Waals surface area contributed by atoms with Gasteiger partial charge in [-0.15, -0.1) is 0 Å². The highest BCUT2D eigenvalue weighted by Crippen LogP contribution is 2.29. The van der Waals surface area contributed by atoms with Crippen molar-refractivity contribution in [2.24, 2.45) is 11.8 Å². The van der Waals surface area contributed by atoms with E-state index >= 15 is 0 Å². The summed E-state index contributed by atoms with van der Waals surface area (Å²) in [5, 5.41) is 6.83. The van der Waals surface area contributed by atoms with Crippen LogP contribution in [0.25, 0.3) is 0 Å². The Morgan fingerprint density at radius 3 is 2.39 bits per heavy atom. The number of nitrogens with zero attached hydrogens (tertiary/aromatic N) is 4. The highest BCUT2D eigenvalue weighted by Gasteiger charge is 2.24. The first-order chi connectivity index (χ1) is 13.5. The summed E-state index contributed by atoms with van der Waals surface area (Å²) in [4.78, 5) is 14.4. The molecule has 2 unspecified atom stereocenters. The third kappa shape index (κ3) is 5.91. The maximum absolute atomic E-state index is 5.40. The Hall–Kier alpha value is -1.67. The molecule has 2 fully saturated rings. The zero-order valence-electron chi connectivity index (χ0n) is 17.4. The average Bonchev–Trinajstić information content (AvgIpc) is 2.68. The Kier molecular flexibility index (Phi) is 7.67. The number of hydrogen-bond donors (Lipinski definition) is 2. The minimum absolute atomic E-state index is 0.527. The fourth-order valence-electron chi connectivity index (χ4n) is 4.19. The predicted molar refractivity (Wildman–Crippen MR) is 119 cm³/mol. The summed E-state index contributed by atoms with van der Waals surface area (Å²) < 4.78 is 5.06. The molecule has 3 heterocycles. The Labute approximate surface area is 174 Å². The first kappa shape index (κ1) is 21.0. The van der Waals surface area contributed by atoms with Crippen LogP contribution in [0, 0.1) is 11.8 Å². The van der Waals surface area contributed by atoms with Crippen LogP contribution in [0.3, 0.4) is 0 Å². The van der Waals surface area contributed by atoms with E-state index in [9.17, 15) is 0 Å². The van der Waals surface area contributed by atoms with Crippen molar-refractivity contribution in [2.75, 3.05) is 61.6 Å². The lowest BCUT2D eigenvalue weighted by Gasteiger charge is -2.36. The SMILES string of the molecule is COCCNC(=S)Nc1nc(N2CCCCC2)cc(N2CC(C)CC(C)C2)n1. The number of anilines is 3. The molecule has 2 aliphatic heterocycles. The van der Waals surface area contributed by atoms with Gasteiger partial charge in [0.05, 0.1) is 6.61 Å². The van der Waals surface area contributed by atoms with Gasteiger partial charge in [-0.3, -0.25) is 0 Å². The van der Waals surface area contributed by atoms with Crippen LogP contribution in [-0.4, -0.2) is 61.5 Å². The summed E-state index contributed by atoms with van der Waals surface area (Å²) in [6.07, 6.45) is 5.01. The average molecular weight is 407 g/mol. The molecule has 156 valence electrons. The van der Waals surface area contributed by atoms with Crippen LogP contribution in [0.4, 0.5) is 17.6 Å². The van der Waals surface area contributed by atoms with Crippen LogP contribution in [0.1, 0.15) is 39.5 Å². The number of aromatic nitrogens is 2. The second-order valence-corrected chi connectivity index (χ2v) is 8.59. The van der Waals surface area contributed by atoms with E-state index in [1.165, 1.54) is 25.7 Å². The smallest absolute Gasteiger partial charge is 0.232 e.